The third-order valence-electron chi connectivity index (χ3n) is 4.65. The van der Waals surface area contributed by atoms with Crippen LogP contribution in [0.3, 0.4) is 0 Å². The number of anilines is 2. The first-order valence-electron chi connectivity index (χ1n) is 11.0. The topological polar surface area (TPSA) is 146 Å². The molecule has 0 bridgehead atoms. The number of ether oxygens (including phenoxy) is 3. The molecule has 3 aromatic rings. The molecule has 0 radical (unpaired) electrons. The number of carbonyl (C=O) groups is 4. The molecule has 37 heavy (non-hydrogen) atoms. The minimum absolute atomic E-state index is 0.0466. The van der Waals surface area contributed by atoms with E-state index in [2.05, 4.69) is 20.8 Å². The molecular weight excluding hydrogens is 540 g/mol. The first-order chi connectivity index (χ1) is 17.8. The van der Waals surface area contributed by atoms with Crippen LogP contribution < -0.4 is 15.4 Å². The summed E-state index contributed by atoms with van der Waals surface area (Å²) in [6, 6.07) is 6.60. The molecule has 2 amide bonds. The van der Waals surface area contributed by atoms with E-state index in [1.807, 2.05) is 0 Å². The average Bonchev–Trinajstić information content (AvgIpc) is 3.46. The minimum Gasteiger partial charge on any atom is -0.497 e. The Morgan fingerprint density at radius 1 is 0.946 bits per heavy atom. The number of aromatic nitrogens is 2. The van der Waals surface area contributed by atoms with Crippen molar-refractivity contribution in [2.24, 2.45) is 0 Å². The van der Waals surface area contributed by atoms with Crippen LogP contribution in [0.2, 0.25) is 0 Å². The van der Waals surface area contributed by atoms with Gasteiger partial charge < -0.3 is 19.5 Å². The lowest BCUT2D eigenvalue weighted by Gasteiger charge is -2.06. The number of rotatable bonds is 11. The van der Waals surface area contributed by atoms with E-state index < -0.39 is 17.8 Å². The van der Waals surface area contributed by atoms with Crippen LogP contribution in [0.1, 0.15) is 49.8 Å². The van der Waals surface area contributed by atoms with Crippen LogP contribution in [-0.4, -0.2) is 60.0 Å². The summed E-state index contributed by atoms with van der Waals surface area (Å²) in [4.78, 5) is 50.0. The SMILES string of the molecule is CCOC(=O)c1sc(NC(=O)CSc2nnc(NC(=O)c3ccc(OC)cc3)s2)c(C(=O)OCC)c1C. The molecule has 0 aliphatic heterocycles. The largest absolute Gasteiger partial charge is 0.497 e. The number of hydrogen-bond donors (Lipinski definition) is 2. The molecule has 14 heteroatoms. The van der Waals surface area contributed by atoms with E-state index >= 15 is 0 Å². The van der Waals surface area contributed by atoms with Crippen molar-refractivity contribution in [1.29, 1.82) is 0 Å². The molecular formula is C23H24N4O7S3. The second-order valence-electron chi connectivity index (χ2n) is 7.09. The summed E-state index contributed by atoms with van der Waals surface area (Å²) in [5.74, 6) is -1.42. The van der Waals surface area contributed by atoms with E-state index in [1.54, 1.807) is 45.0 Å². The lowest BCUT2D eigenvalue weighted by molar-refractivity contribution is -0.113. The molecule has 0 aliphatic carbocycles. The fourth-order valence-corrected chi connectivity index (χ4v) is 5.61. The summed E-state index contributed by atoms with van der Waals surface area (Å²) in [5, 5.41) is 13.7. The number of hydrogen-bond acceptors (Lipinski definition) is 12. The van der Waals surface area contributed by atoms with Gasteiger partial charge in [-0.05, 0) is 50.6 Å². The van der Waals surface area contributed by atoms with Crippen molar-refractivity contribution in [2.45, 2.75) is 25.1 Å². The minimum atomic E-state index is -0.642. The zero-order valence-electron chi connectivity index (χ0n) is 20.4. The molecule has 0 spiro atoms. The Morgan fingerprint density at radius 2 is 1.62 bits per heavy atom. The molecule has 1 aromatic carbocycles. The van der Waals surface area contributed by atoms with Gasteiger partial charge in [-0.15, -0.1) is 21.5 Å². The predicted octanol–water partition coefficient (Wildman–Crippen LogP) is 4.25. The highest BCUT2D eigenvalue weighted by Crippen LogP contribution is 2.35. The van der Waals surface area contributed by atoms with Crippen LogP contribution in [0.4, 0.5) is 10.1 Å². The van der Waals surface area contributed by atoms with E-state index in [4.69, 9.17) is 14.2 Å². The molecule has 196 valence electrons. The van der Waals surface area contributed by atoms with E-state index in [-0.39, 0.29) is 45.4 Å². The van der Waals surface area contributed by atoms with Crippen molar-refractivity contribution < 1.29 is 33.4 Å². The van der Waals surface area contributed by atoms with E-state index in [0.717, 1.165) is 34.4 Å². The van der Waals surface area contributed by atoms with Gasteiger partial charge in [-0.1, -0.05) is 23.1 Å². The van der Waals surface area contributed by atoms with E-state index in [0.29, 0.717) is 21.2 Å². The molecule has 2 aromatic heterocycles. The zero-order chi connectivity index (χ0) is 26.9. The second kappa shape index (κ2) is 13.2. The number of amides is 2. The number of nitrogens with zero attached hydrogens (tertiary/aromatic N) is 2. The summed E-state index contributed by atoms with van der Waals surface area (Å²) in [6.45, 7) is 5.25. The van der Waals surface area contributed by atoms with Crippen molar-refractivity contribution in [3.8, 4) is 5.75 Å². The van der Waals surface area contributed by atoms with Crippen LogP contribution >= 0.6 is 34.4 Å². The normalized spacial score (nSPS) is 10.5. The summed E-state index contributed by atoms with van der Waals surface area (Å²) in [5.41, 5.74) is 0.925. The molecule has 3 rings (SSSR count). The van der Waals surface area contributed by atoms with Crippen LogP contribution in [0.5, 0.6) is 5.75 Å². The molecule has 0 saturated heterocycles. The highest BCUT2D eigenvalue weighted by Gasteiger charge is 2.27. The highest BCUT2D eigenvalue weighted by atomic mass is 32.2. The molecule has 2 heterocycles. The van der Waals surface area contributed by atoms with Gasteiger partial charge in [-0.2, -0.15) is 0 Å². The Hall–Kier alpha value is -3.49. The molecule has 0 aliphatic rings. The Bertz CT molecular complexity index is 1290. The summed E-state index contributed by atoms with van der Waals surface area (Å²) >= 11 is 3.17. The van der Waals surface area contributed by atoms with Gasteiger partial charge in [0.25, 0.3) is 5.91 Å². The van der Waals surface area contributed by atoms with Crippen LogP contribution in [0, 0.1) is 6.92 Å². The van der Waals surface area contributed by atoms with Crippen LogP contribution in [-0.2, 0) is 14.3 Å². The molecule has 0 fully saturated rings. The molecule has 11 nitrogen and oxygen atoms in total. The summed E-state index contributed by atoms with van der Waals surface area (Å²) in [7, 11) is 1.54. The van der Waals surface area contributed by atoms with Crippen LogP contribution in [0.25, 0.3) is 0 Å². The number of thiophene rings is 1. The molecule has 2 N–H and O–H groups in total. The average molecular weight is 565 g/mol. The van der Waals surface area contributed by atoms with Gasteiger partial charge in [0.1, 0.15) is 15.6 Å². The van der Waals surface area contributed by atoms with Gasteiger partial charge in [-0.25, -0.2) is 9.59 Å². The van der Waals surface area contributed by atoms with Crippen molar-refractivity contribution in [3.63, 3.8) is 0 Å². The van der Waals surface area contributed by atoms with Gasteiger partial charge in [-0.3, -0.25) is 14.9 Å². The second-order valence-corrected chi connectivity index (χ2v) is 10.3. The monoisotopic (exact) mass is 564 g/mol. The van der Waals surface area contributed by atoms with Crippen molar-refractivity contribution >= 4 is 68.3 Å². The fraction of sp³-hybridized carbons (Fsp3) is 0.304. The molecule has 0 unspecified atom stereocenters. The third kappa shape index (κ3) is 7.27. The van der Waals surface area contributed by atoms with Crippen molar-refractivity contribution in [3.05, 3.63) is 45.8 Å². The van der Waals surface area contributed by atoms with Gasteiger partial charge in [0.15, 0.2) is 4.34 Å². The standard InChI is InChI=1S/C23H24N4O7S3/c1-5-33-20(30)16-12(3)17(21(31)34-6-2)36-19(16)24-15(28)11-35-23-27-26-22(37-23)25-18(29)13-7-9-14(32-4)10-8-13/h7-10H,5-6,11H2,1-4H3,(H,24,28)(H,25,26,29). The van der Waals surface area contributed by atoms with Gasteiger partial charge in [0.2, 0.25) is 11.0 Å². The number of esters is 2. The number of methoxy groups -OCH3 is 1. The zero-order valence-corrected chi connectivity index (χ0v) is 22.9. The Balaban J connectivity index is 1.63. The van der Waals surface area contributed by atoms with Gasteiger partial charge >= 0.3 is 11.9 Å². The number of nitrogens with one attached hydrogen (secondary N) is 2. The predicted molar refractivity (Wildman–Crippen MR) is 141 cm³/mol. The van der Waals surface area contributed by atoms with Crippen molar-refractivity contribution in [2.75, 3.05) is 36.7 Å². The Morgan fingerprint density at radius 3 is 2.27 bits per heavy atom. The maximum Gasteiger partial charge on any atom is 0.348 e. The highest BCUT2D eigenvalue weighted by molar-refractivity contribution is 8.01. The lowest BCUT2D eigenvalue weighted by atomic mass is 10.1. The Kier molecular flexibility index (Phi) is 10.00. The fourth-order valence-electron chi connectivity index (χ4n) is 2.96. The number of thioether (sulfide) groups is 1. The first kappa shape index (κ1) is 28.1. The quantitative estimate of drug-likeness (QED) is 0.197. The Labute approximate surface area is 224 Å². The smallest absolute Gasteiger partial charge is 0.348 e. The molecule has 0 atom stereocenters. The molecule has 0 saturated carbocycles. The lowest BCUT2D eigenvalue weighted by Crippen LogP contribution is -2.16. The first-order valence-corrected chi connectivity index (χ1v) is 13.6. The van der Waals surface area contributed by atoms with E-state index in [9.17, 15) is 19.2 Å². The summed E-state index contributed by atoms with van der Waals surface area (Å²) in [6.07, 6.45) is 0. The van der Waals surface area contributed by atoms with E-state index in [1.165, 1.54) is 7.11 Å². The van der Waals surface area contributed by atoms with Gasteiger partial charge in [0, 0.05) is 5.56 Å². The maximum absolute atomic E-state index is 12.6. The van der Waals surface area contributed by atoms with Crippen molar-refractivity contribution in [1.82, 2.24) is 10.2 Å². The number of benzene rings is 1. The van der Waals surface area contributed by atoms with Crippen LogP contribution in [0.15, 0.2) is 28.6 Å². The number of carbonyl (C=O) groups excluding carboxylic acids is 4. The third-order valence-corrected chi connectivity index (χ3v) is 7.81. The van der Waals surface area contributed by atoms with Gasteiger partial charge in [0.05, 0.1) is 31.6 Å². The maximum atomic E-state index is 12.6. The summed E-state index contributed by atoms with van der Waals surface area (Å²) < 4.78 is 15.7.